The topological polar surface area (TPSA) is 50.7 Å². The third kappa shape index (κ3) is 3.11. The van der Waals surface area contributed by atoms with Gasteiger partial charge in [0.05, 0.1) is 6.54 Å². The smallest absolute Gasteiger partial charge is 0.274 e. The quantitative estimate of drug-likeness (QED) is 0.805. The van der Waals surface area contributed by atoms with E-state index in [0.29, 0.717) is 12.2 Å². The van der Waals surface area contributed by atoms with Gasteiger partial charge in [-0.25, -0.2) is 18.7 Å². The van der Waals surface area contributed by atoms with Crippen molar-refractivity contribution in [1.29, 1.82) is 0 Å². The second-order valence-corrected chi connectivity index (χ2v) is 4.96. The highest BCUT2D eigenvalue weighted by Crippen LogP contribution is 2.10. The van der Waals surface area contributed by atoms with Gasteiger partial charge >= 0.3 is 5.69 Å². The summed E-state index contributed by atoms with van der Waals surface area (Å²) >= 11 is 0. The van der Waals surface area contributed by atoms with Crippen LogP contribution in [0.2, 0.25) is 0 Å². The van der Waals surface area contributed by atoms with Crippen LogP contribution in [0, 0.1) is 11.6 Å². The Kier molecular flexibility index (Phi) is 3.82. The van der Waals surface area contributed by atoms with Crippen molar-refractivity contribution in [3.05, 3.63) is 87.6 Å². The predicted molar refractivity (Wildman–Crippen MR) is 77.6 cm³/mol. The Labute approximate surface area is 125 Å². The zero-order valence-electron chi connectivity index (χ0n) is 11.6. The van der Waals surface area contributed by atoms with Crippen molar-refractivity contribution >= 4 is 0 Å². The van der Waals surface area contributed by atoms with E-state index in [1.807, 2.05) is 0 Å². The maximum absolute atomic E-state index is 13.2. The molecule has 112 valence electrons. The largest absolute Gasteiger partial charge is 0.343 e. The van der Waals surface area contributed by atoms with Crippen molar-refractivity contribution in [3.8, 4) is 0 Å². The zero-order chi connectivity index (χ0) is 15.5. The first kappa shape index (κ1) is 14.2. The van der Waals surface area contributed by atoms with Crippen molar-refractivity contribution in [2.75, 3.05) is 0 Å². The molecule has 0 amide bonds. The molecule has 0 aliphatic heterocycles. The summed E-state index contributed by atoms with van der Waals surface area (Å²) in [4.78, 5) is 11.9. The Morgan fingerprint density at radius 3 is 2.50 bits per heavy atom. The minimum atomic E-state index is -0.351. The van der Waals surface area contributed by atoms with Crippen LogP contribution in [0.5, 0.6) is 0 Å². The average molecular weight is 301 g/mol. The highest BCUT2D eigenvalue weighted by atomic mass is 19.1. The highest BCUT2D eigenvalue weighted by molar-refractivity contribution is 5.21. The van der Waals surface area contributed by atoms with Crippen molar-refractivity contribution in [3.63, 3.8) is 0 Å². The van der Waals surface area contributed by atoms with E-state index in [2.05, 4.69) is 10.2 Å². The predicted octanol–water partition coefficient (Wildman–Crippen LogP) is 2.49. The van der Waals surface area contributed by atoms with Gasteiger partial charge in [-0.2, -0.15) is 5.10 Å². The maximum Gasteiger partial charge on any atom is 0.343 e. The molecule has 3 aromatic rings. The van der Waals surface area contributed by atoms with Gasteiger partial charge in [0.15, 0.2) is 0 Å². The number of hydrogen-bond donors (Lipinski definition) is 1. The van der Waals surface area contributed by atoms with E-state index >= 15 is 0 Å². The molecule has 1 heterocycles. The van der Waals surface area contributed by atoms with Gasteiger partial charge < -0.3 is 0 Å². The molecule has 0 saturated carbocycles. The van der Waals surface area contributed by atoms with Crippen LogP contribution in [-0.2, 0) is 13.0 Å². The standard InChI is InChI=1S/C16H13F2N3O/c17-13-6-4-11(5-7-13)10-21-15(19-20-16(21)22)9-12-2-1-3-14(18)8-12/h1-8H,9-10H2,(H,20,22). The lowest BCUT2D eigenvalue weighted by atomic mass is 10.1. The molecule has 0 fully saturated rings. The lowest BCUT2D eigenvalue weighted by Crippen LogP contribution is -2.19. The molecule has 0 unspecified atom stereocenters. The molecule has 0 bridgehead atoms. The molecule has 3 rings (SSSR count). The molecule has 0 aliphatic rings. The van der Waals surface area contributed by atoms with Crippen LogP contribution >= 0.6 is 0 Å². The lowest BCUT2D eigenvalue weighted by Gasteiger charge is -2.06. The van der Waals surface area contributed by atoms with E-state index in [1.54, 1.807) is 24.3 Å². The molecular formula is C16H13F2N3O. The van der Waals surface area contributed by atoms with Gasteiger partial charge in [0.1, 0.15) is 17.5 Å². The molecule has 1 aromatic heterocycles. The molecule has 0 spiro atoms. The summed E-state index contributed by atoms with van der Waals surface area (Å²) < 4.78 is 27.6. The number of benzene rings is 2. The van der Waals surface area contributed by atoms with Crippen molar-refractivity contribution in [2.24, 2.45) is 0 Å². The Bertz CT molecular complexity index is 837. The molecule has 2 aromatic carbocycles. The number of H-pyrrole nitrogens is 1. The minimum Gasteiger partial charge on any atom is -0.274 e. The van der Waals surface area contributed by atoms with Gasteiger partial charge in [0, 0.05) is 6.42 Å². The number of nitrogens with zero attached hydrogens (tertiary/aromatic N) is 2. The Morgan fingerprint density at radius 2 is 1.77 bits per heavy atom. The van der Waals surface area contributed by atoms with Crippen LogP contribution in [0.4, 0.5) is 8.78 Å². The first-order valence-corrected chi connectivity index (χ1v) is 6.75. The SMILES string of the molecule is O=c1[nH]nc(Cc2cccc(F)c2)n1Cc1ccc(F)cc1. The third-order valence-electron chi connectivity index (χ3n) is 3.34. The second-order valence-electron chi connectivity index (χ2n) is 4.96. The number of aromatic amines is 1. The lowest BCUT2D eigenvalue weighted by molar-refractivity contribution is 0.624. The maximum atomic E-state index is 13.2. The fraction of sp³-hybridized carbons (Fsp3) is 0.125. The Morgan fingerprint density at radius 1 is 1.00 bits per heavy atom. The molecule has 4 nitrogen and oxygen atoms in total. The Balaban J connectivity index is 1.87. The fourth-order valence-electron chi connectivity index (χ4n) is 2.25. The van der Waals surface area contributed by atoms with Gasteiger partial charge in [0.2, 0.25) is 0 Å². The molecule has 22 heavy (non-hydrogen) atoms. The molecule has 1 N–H and O–H groups in total. The number of hydrogen-bond acceptors (Lipinski definition) is 2. The van der Waals surface area contributed by atoms with Crippen molar-refractivity contribution in [1.82, 2.24) is 14.8 Å². The average Bonchev–Trinajstić information content (AvgIpc) is 2.83. The Hall–Kier alpha value is -2.76. The zero-order valence-corrected chi connectivity index (χ0v) is 11.6. The summed E-state index contributed by atoms with van der Waals surface area (Å²) in [5, 5.41) is 6.38. The van der Waals surface area contributed by atoms with Crippen LogP contribution < -0.4 is 5.69 Å². The first-order chi connectivity index (χ1) is 10.6. The first-order valence-electron chi connectivity index (χ1n) is 6.75. The summed E-state index contributed by atoms with van der Waals surface area (Å²) in [5.74, 6) is -0.163. The van der Waals surface area contributed by atoms with E-state index < -0.39 is 0 Å². The summed E-state index contributed by atoms with van der Waals surface area (Å²) in [6.45, 7) is 0.278. The van der Waals surface area contributed by atoms with Gasteiger partial charge in [-0.1, -0.05) is 24.3 Å². The highest BCUT2D eigenvalue weighted by Gasteiger charge is 2.10. The van der Waals surface area contributed by atoms with E-state index in [0.717, 1.165) is 11.1 Å². The van der Waals surface area contributed by atoms with Crippen LogP contribution in [0.15, 0.2) is 53.3 Å². The van der Waals surface area contributed by atoms with E-state index in [9.17, 15) is 13.6 Å². The summed E-state index contributed by atoms with van der Waals surface area (Å²) in [6.07, 6.45) is 0.331. The van der Waals surface area contributed by atoms with Crippen LogP contribution in [0.1, 0.15) is 17.0 Å². The van der Waals surface area contributed by atoms with Crippen molar-refractivity contribution < 1.29 is 8.78 Å². The number of halogens is 2. The van der Waals surface area contributed by atoms with Crippen LogP contribution in [0.3, 0.4) is 0 Å². The number of aromatic nitrogens is 3. The molecule has 6 heteroatoms. The number of nitrogens with one attached hydrogen (secondary N) is 1. The van der Waals surface area contributed by atoms with Crippen LogP contribution in [0.25, 0.3) is 0 Å². The van der Waals surface area contributed by atoms with E-state index in [4.69, 9.17) is 0 Å². The summed E-state index contributed by atoms with van der Waals surface area (Å²) in [6, 6.07) is 12.0. The van der Waals surface area contributed by atoms with E-state index in [1.165, 1.54) is 28.8 Å². The summed E-state index contributed by atoms with van der Waals surface area (Å²) in [5.41, 5.74) is 1.15. The monoisotopic (exact) mass is 301 g/mol. The van der Waals surface area contributed by atoms with Gasteiger partial charge in [0.25, 0.3) is 0 Å². The van der Waals surface area contributed by atoms with Gasteiger partial charge in [-0.3, -0.25) is 4.57 Å². The van der Waals surface area contributed by atoms with Gasteiger partial charge in [-0.05, 0) is 35.4 Å². The molecular weight excluding hydrogens is 288 g/mol. The number of rotatable bonds is 4. The second kappa shape index (κ2) is 5.93. The van der Waals surface area contributed by atoms with Crippen LogP contribution in [-0.4, -0.2) is 14.8 Å². The normalized spacial score (nSPS) is 10.8. The molecule has 0 atom stereocenters. The third-order valence-corrected chi connectivity index (χ3v) is 3.34. The van der Waals surface area contributed by atoms with Crippen molar-refractivity contribution in [2.45, 2.75) is 13.0 Å². The van der Waals surface area contributed by atoms with E-state index in [-0.39, 0.29) is 23.9 Å². The summed E-state index contributed by atoms with van der Waals surface area (Å²) in [7, 11) is 0. The fourth-order valence-corrected chi connectivity index (χ4v) is 2.25. The minimum absolute atomic E-state index is 0.278. The van der Waals surface area contributed by atoms with Gasteiger partial charge in [-0.15, -0.1) is 0 Å². The molecule has 0 saturated heterocycles. The molecule has 0 aliphatic carbocycles. The molecule has 0 radical (unpaired) electrons.